The van der Waals surface area contributed by atoms with E-state index in [1.54, 1.807) is 23.3 Å². The van der Waals surface area contributed by atoms with E-state index in [1.165, 1.54) is 22.4 Å². The van der Waals surface area contributed by atoms with Crippen LogP contribution in [0.15, 0.2) is 46.7 Å². The molecule has 0 spiro atoms. The molecule has 4 aliphatic carbocycles. The van der Waals surface area contributed by atoms with E-state index < -0.39 is 26.0 Å². The summed E-state index contributed by atoms with van der Waals surface area (Å²) < 4.78 is 56.9. The molecule has 2 aromatic carbocycles. The minimum atomic E-state index is -4.03. The van der Waals surface area contributed by atoms with Crippen LogP contribution in [0, 0.1) is 11.5 Å². The summed E-state index contributed by atoms with van der Waals surface area (Å²) in [5.41, 5.74) is 8.79. The van der Waals surface area contributed by atoms with Crippen molar-refractivity contribution in [3.8, 4) is 12.0 Å². The number of rotatable bonds is 8. The van der Waals surface area contributed by atoms with E-state index >= 15 is 0 Å². The number of nitrogens with one attached hydrogen (secondary N) is 1. The van der Waals surface area contributed by atoms with Gasteiger partial charge in [0.2, 0.25) is 5.91 Å². The van der Waals surface area contributed by atoms with E-state index in [4.69, 9.17) is 15.1 Å². The number of ketones is 2. The van der Waals surface area contributed by atoms with Gasteiger partial charge in [-0.3, -0.25) is 23.7 Å². The Kier molecular flexibility index (Phi) is 11.7. The third-order valence-corrected chi connectivity index (χ3v) is 12.5. The maximum absolute atomic E-state index is 12.6. The Balaban J connectivity index is 0.000000159. The van der Waals surface area contributed by atoms with Crippen molar-refractivity contribution in [3.63, 3.8) is 0 Å². The minimum Gasteiger partial charge on any atom is -0.387 e. The summed E-state index contributed by atoms with van der Waals surface area (Å²) >= 11 is 0. The normalized spacial score (nSPS) is 15.3. The van der Waals surface area contributed by atoms with Crippen LogP contribution >= 0.6 is 0 Å². The van der Waals surface area contributed by atoms with E-state index in [1.807, 2.05) is 39.8 Å². The third-order valence-electron chi connectivity index (χ3n) is 10.4. The van der Waals surface area contributed by atoms with Crippen molar-refractivity contribution in [2.45, 2.75) is 120 Å². The Bertz CT molecular complexity index is 2490. The largest absolute Gasteiger partial charge is 0.387 e. The van der Waals surface area contributed by atoms with Gasteiger partial charge in [-0.05, 0) is 137 Å². The maximum Gasteiger partial charge on any atom is 0.292 e. The van der Waals surface area contributed by atoms with Gasteiger partial charge in [-0.25, -0.2) is 18.3 Å². The Morgan fingerprint density at radius 1 is 0.786 bits per heavy atom. The van der Waals surface area contributed by atoms with Crippen LogP contribution in [0.25, 0.3) is 0 Å². The number of fused-ring (bicyclic) bond motifs is 4. The number of primary sulfonamides is 1. The number of nitriles is 1. The van der Waals surface area contributed by atoms with E-state index in [0.717, 1.165) is 83.9 Å². The zero-order valence-corrected chi connectivity index (χ0v) is 33.4. The SMILES string of the molecule is CC(C)n1ccc(S(=O)(=O)NC(=O)Cc2c3c(cc4c2CCC4=O)CCC3)n1.CC(C)n1ccc(S(N)(=O)=O)n1.N#COc1c2c(cc3c1CCC3=O)CCC2. The lowest BCUT2D eigenvalue weighted by atomic mass is 9.92. The van der Waals surface area contributed by atoms with Crippen LogP contribution in [0.3, 0.4) is 0 Å². The molecule has 8 rings (SSSR count). The number of hydrogen-bond acceptors (Lipinski definition) is 11. The van der Waals surface area contributed by atoms with Crippen molar-refractivity contribution in [2.75, 3.05) is 0 Å². The molecule has 3 N–H and O–H groups in total. The number of nitrogens with zero attached hydrogens (tertiary/aromatic N) is 5. The first-order valence-corrected chi connectivity index (χ1v) is 21.7. The van der Waals surface area contributed by atoms with E-state index in [2.05, 4.69) is 14.9 Å². The summed E-state index contributed by atoms with van der Waals surface area (Å²) in [6.07, 6.45) is 13.0. The molecule has 56 heavy (non-hydrogen) atoms. The average molecular weight is 804 g/mol. The maximum atomic E-state index is 12.6. The number of Topliss-reactive ketones (excluding diaryl/α,β-unsaturated/α-hetero) is 2. The molecule has 17 heteroatoms. The van der Waals surface area contributed by atoms with Crippen molar-refractivity contribution in [3.05, 3.63) is 86.7 Å². The molecule has 0 atom stereocenters. The zero-order valence-electron chi connectivity index (χ0n) is 31.8. The van der Waals surface area contributed by atoms with Crippen LogP contribution in [-0.2, 0) is 69.8 Å². The second-order valence-corrected chi connectivity index (χ2v) is 18.0. The predicted molar refractivity (Wildman–Crippen MR) is 204 cm³/mol. The van der Waals surface area contributed by atoms with Gasteiger partial charge in [-0.15, -0.1) is 5.26 Å². The summed E-state index contributed by atoms with van der Waals surface area (Å²) in [5, 5.41) is 21.1. The first kappa shape index (κ1) is 40.5. The van der Waals surface area contributed by atoms with Gasteiger partial charge in [-0.1, -0.05) is 0 Å². The average Bonchev–Trinajstić information content (AvgIpc) is 3.98. The topological polar surface area (TPSA) is 226 Å². The molecule has 0 radical (unpaired) electrons. The summed E-state index contributed by atoms with van der Waals surface area (Å²) in [7, 11) is -7.68. The molecule has 0 fully saturated rings. The van der Waals surface area contributed by atoms with E-state index in [-0.39, 0.29) is 40.1 Å². The van der Waals surface area contributed by atoms with Gasteiger partial charge >= 0.3 is 0 Å². The van der Waals surface area contributed by atoms with Crippen molar-refractivity contribution < 1.29 is 36.0 Å². The van der Waals surface area contributed by atoms with Crippen LogP contribution < -0.4 is 14.6 Å². The number of nitrogens with two attached hydrogens (primary N) is 1. The van der Waals surface area contributed by atoms with Gasteiger partial charge in [0.15, 0.2) is 21.6 Å². The minimum absolute atomic E-state index is 0.0201. The fraction of sp³-hybridized carbons (Fsp3) is 0.436. The van der Waals surface area contributed by atoms with Gasteiger partial charge in [-0.2, -0.15) is 18.6 Å². The number of aryl methyl sites for hydroxylation is 2. The quantitative estimate of drug-likeness (QED) is 0.237. The number of carbonyl (C=O) groups is 3. The van der Waals surface area contributed by atoms with Gasteiger partial charge in [0.1, 0.15) is 5.75 Å². The van der Waals surface area contributed by atoms with Crippen molar-refractivity contribution in [1.82, 2.24) is 24.3 Å². The van der Waals surface area contributed by atoms with Gasteiger partial charge in [0.05, 0.1) is 6.42 Å². The summed E-state index contributed by atoms with van der Waals surface area (Å²) in [5.74, 6) is 0.380. The van der Waals surface area contributed by atoms with Gasteiger partial charge < -0.3 is 4.74 Å². The van der Waals surface area contributed by atoms with Gasteiger partial charge in [0, 0.05) is 54.0 Å². The fourth-order valence-corrected chi connectivity index (χ4v) is 9.08. The summed E-state index contributed by atoms with van der Waals surface area (Å²) in [6.45, 7) is 7.58. The molecular weight excluding hydrogens is 759 g/mol. The molecule has 0 bridgehead atoms. The van der Waals surface area contributed by atoms with E-state index in [9.17, 15) is 31.2 Å². The molecule has 2 aromatic heterocycles. The molecule has 1 amide bonds. The smallest absolute Gasteiger partial charge is 0.292 e. The van der Waals surface area contributed by atoms with Gasteiger partial charge in [0.25, 0.3) is 26.3 Å². The van der Waals surface area contributed by atoms with Crippen LogP contribution in [0.5, 0.6) is 5.75 Å². The molecule has 0 aliphatic heterocycles. The highest BCUT2D eigenvalue weighted by molar-refractivity contribution is 7.90. The second kappa shape index (κ2) is 16.1. The number of benzene rings is 2. The predicted octanol–water partition coefficient (Wildman–Crippen LogP) is 4.40. The number of aromatic nitrogens is 4. The molecule has 0 unspecified atom stereocenters. The first-order valence-electron chi connectivity index (χ1n) is 18.6. The zero-order chi connectivity index (χ0) is 40.5. The highest BCUT2D eigenvalue weighted by Gasteiger charge is 2.31. The van der Waals surface area contributed by atoms with Crippen LogP contribution in [-0.4, -0.2) is 53.9 Å². The third kappa shape index (κ3) is 8.47. The molecule has 4 aliphatic rings. The number of amides is 1. The van der Waals surface area contributed by atoms with Crippen molar-refractivity contribution in [2.24, 2.45) is 5.14 Å². The molecule has 296 valence electrons. The highest BCUT2D eigenvalue weighted by atomic mass is 32.2. The number of carbonyl (C=O) groups excluding carboxylic acids is 3. The van der Waals surface area contributed by atoms with E-state index in [0.29, 0.717) is 30.6 Å². The van der Waals surface area contributed by atoms with Crippen molar-refractivity contribution >= 4 is 37.5 Å². The van der Waals surface area contributed by atoms with Crippen molar-refractivity contribution in [1.29, 1.82) is 5.26 Å². The second-order valence-electron chi connectivity index (χ2n) is 14.8. The lowest BCUT2D eigenvalue weighted by Gasteiger charge is -2.14. The van der Waals surface area contributed by atoms with Crippen LogP contribution in [0.4, 0.5) is 0 Å². The van der Waals surface area contributed by atoms with Crippen LogP contribution in [0.1, 0.15) is 125 Å². The first-order chi connectivity index (χ1) is 26.5. The Labute approximate surface area is 326 Å². The lowest BCUT2D eigenvalue weighted by molar-refractivity contribution is -0.118. The molecule has 0 saturated heterocycles. The number of sulfonamides is 2. The molecule has 4 aromatic rings. The summed E-state index contributed by atoms with van der Waals surface area (Å²) in [6, 6.07) is 6.91. The Morgan fingerprint density at radius 2 is 1.30 bits per heavy atom. The standard InChI is InChI=1S/C20H23N3O4S.C13H11NO2.C6H11N3O2S/c1-12(2)23-9-8-20(21-23)28(26,27)22-19(25)11-16-14-5-3-4-13(14)10-17-15(16)6-7-18(17)24;14-7-16-13-9-3-1-2-8(9)6-11-10(13)4-5-12(11)15;1-5(2)9-4-3-6(8-9)12(7,10)11/h8-10,12H,3-7,11H2,1-2H3,(H,22,25);6H,1-5H2;3-5H,1-2H3,(H2,7,10,11). The monoisotopic (exact) mass is 803 g/mol. The van der Waals surface area contributed by atoms with Crippen LogP contribution in [0.2, 0.25) is 0 Å². The highest BCUT2D eigenvalue weighted by Crippen LogP contribution is 2.40. The molecule has 2 heterocycles. The summed E-state index contributed by atoms with van der Waals surface area (Å²) in [4.78, 5) is 36.5. The molecule has 0 saturated carbocycles. The molecular formula is C39H45N7O8S2. The number of ether oxygens (including phenoxy) is 1. The lowest BCUT2D eigenvalue weighted by Crippen LogP contribution is -2.32. The fourth-order valence-electron chi connectivity index (χ4n) is 7.70. The number of hydrogen-bond donors (Lipinski definition) is 2. The molecule has 15 nitrogen and oxygen atoms in total. The Morgan fingerprint density at radius 3 is 1.84 bits per heavy atom. The Hall–Kier alpha value is -5.18.